The molecule has 1 aromatic heterocycles. The second kappa shape index (κ2) is 9.81. The zero-order valence-electron chi connectivity index (χ0n) is 18.2. The Morgan fingerprint density at radius 1 is 1.06 bits per heavy atom. The summed E-state index contributed by atoms with van der Waals surface area (Å²) in [5.74, 6) is 0. The molecule has 176 valence electrons. The first-order chi connectivity index (χ1) is 16.3. The number of halogens is 3. The highest BCUT2D eigenvalue weighted by atomic mass is 19.4. The minimum Gasteiger partial charge on any atom is -0.393 e. The van der Waals surface area contributed by atoms with Gasteiger partial charge in [0.2, 0.25) is 0 Å². The van der Waals surface area contributed by atoms with E-state index < -0.39 is 24.5 Å². The van der Waals surface area contributed by atoms with Gasteiger partial charge in [0.05, 0.1) is 23.6 Å². The molecule has 2 aromatic carbocycles. The van der Waals surface area contributed by atoms with Crippen molar-refractivity contribution < 1.29 is 23.4 Å². The quantitative estimate of drug-likeness (QED) is 0.535. The lowest BCUT2D eigenvalue weighted by atomic mass is 10.0. The lowest BCUT2D eigenvalue weighted by molar-refractivity contribution is -0.137. The molecule has 2 heterocycles. The van der Waals surface area contributed by atoms with Crippen LogP contribution in [0.5, 0.6) is 0 Å². The maximum Gasteiger partial charge on any atom is 0.416 e. The molecule has 0 aliphatic carbocycles. The van der Waals surface area contributed by atoms with Gasteiger partial charge in [-0.1, -0.05) is 12.1 Å². The van der Waals surface area contributed by atoms with E-state index in [4.69, 9.17) is 6.57 Å². The largest absolute Gasteiger partial charge is 0.416 e. The van der Waals surface area contributed by atoms with Gasteiger partial charge in [-0.15, -0.1) is 0 Å². The van der Waals surface area contributed by atoms with E-state index in [2.05, 4.69) is 9.83 Å². The number of nitrogens with zero attached hydrogens (tertiary/aromatic N) is 4. The monoisotopic (exact) mass is 468 g/mol. The van der Waals surface area contributed by atoms with E-state index >= 15 is 0 Å². The Morgan fingerprint density at radius 3 is 2.50 bits per heavy atom. The van der Waals surface area contributed by atoms with E-state index in [1.807, 2.05) is 28.0 Å². The standard InChI is InChI=1S/C25H23F3N4O2/c1-29-16-31-11-12-32(20-8-6-19(7-9-20)25(26,27)28)23-10-5-17(13-18(23)14-31)21-3-2-4-22(30-21)24(34)15-33/h2-10,13,24,33-34H,11-12,14-16H2/t24-/m1/s1. The van der Waals surface area contributed by atoms with Crippen molar-refractivity contribution in [2.75, 3.05) is 31.3 Å². The molecule has 0 radical (unpaired) electrons. The summed E-state index contributed by atoms with van der Waals surface area (Å²) in [5.41, 5.74) is 3.47. The molecule has 1 atom stereocenters. The fraction of sp³-hybridized carbons (Fsp3) is 0.280. The number of hydrogen-bond acceptors (Lipinski definition) is 5. The number of pyridine rings is 1. The number of hydrogen-bond donors (Lipinski definition) is 2. The van der Waals surface area contributed by atoms with Crippen LogP contribution in [0, 0.1) is 6.57 Å². The molecule has 1 aliphatic rings. The molecule has 2 N–H and O–H groups in total. The minimum atomic E-state index is -4.40. The predicted octanol–water partition coefficient (Wildman–Crippen LogP) is 4.62. The van der Waals surface area contributed by atoms with E-state index in [1.165, 1.54) is 12.1 Å². The van der Waals surface area contributed by atoms with Gasteiger partial charge in [-0.25, -0.2) is 16.5 Å². The van der Waals surface area contributed by atoms with Crippen molar-refractivity contribution >= 4 is 11.4 Å². The summed E-state index contributed by atoms with van der Waals surface area (Å²) in [7, 11) is 0. The fourth-order valence-corrected chi connectivity index (χ4v) is 4.03. The molecule has 0 amide bonds. The lowest BCUT2D eigenvalue weighted by Gasteiger charge is -2.25. The fourth-order valence-electron chi connectivity index (χ4n) is 4.03. The molecule has 4 rings (SSSR count). The third-order valence-corrected chi connectivity index (χ3v) is 5.76. The number of benzene rings is 2. The van der Waals surface area contributed by atoms with Gasteiger partial charge in [-0.05, 0) is 54.1 Å². The van der Waals surface area contributed by atoms with Crippen LogP contribution in [-0.4, -0.2) is 46.5 Å². The maximum atomic E-state index is 13.0. The van der Waals surface area contributed by atoms with E-state index in [-0.39, 0.29) is 6.67 Å². The zero-order chi connectivity index (χ0) is 24.3. The van der Waals surface area contributed by atoms with Gasteiger partial charge in [0.25, 0.3) is 6.67 Å². The van der Waals surface area contributed by atoms with E-state index in [0.717, 1.165) is 28.9 Å². The van der Waals surface area contributed by atoms with Gasteiger partial charge in [-0.2, -0.15) is 13.2 Å². The highest BCUT2D eigenvalue weighted by molar-refractivity contribution is 5.72. The number of anilines is 2. The van der Waals surface area contributed by atoms with Gasteiger partial charge in [0.1, 0.15) is 6.10 Å². The summed E-state index contributed by atoms with van der Waals surface area (Å²) in [5, 5.41) is 19.2. The Morgan fingerprint density at radius 2 is 1.82 bits per heavy atom. The van der Waals surface area contributed by atoms with Gasteiger partial charge < -0.3 is 15.1 Å². The Kier molecular flexibility index (Phi) is 6.84. The molecule has 0 spiro atoms. The Labute approximate surface area is 195 Å². The molecule has 3 aromatic rings. The van der Waals surface area contributed by atoms with Crippen LogP contribution in [0.2, 0.25) is 0 Å². The summed E-state index contributed by atoms with van der Waals surface area (Å²) in [6, 6.07) is 16.0. The molecule has 1 aliphatic heterocycles. The first-order valence-corrected chi connectivity index (χ1v) is 10.7. The van der Waals surface area contributed by atoms with Crippen molar-refractivity contribution in [3.05, 3.63) is 88.9 Å². The number of aromatic nitrogens is 1. The smallest absolute Gasteiger partial charge is 0.393 e. The number of aliphatic hydroxyl groups is 2. The van der Waals surface area contributed by atoms with Crippen molar-refractivity contribution in [1.29, 1.82) is 0 Å². The van der Waals surface area contributed by atoms with Crippen molar-refractivity contribution in [3.63, 3.8) is 0 Å². The lowest BCUT2D eigenvalue weighted by Crippen LogP contribution is -2.28. The van der Waals surface area contributed by atoms with Crippen LogP contribution in [-0.2, 0) is 12.7 Å². The Balaban J connectivity index is 1.73. The highest BCUT2D eigenvalue weighted by Gasteiger charge is 2.30. The SMILES string of the molecule is [C-]#[N+]CN1CCN(c2ccc(C(F)(F)F)cc2)c2ccc(-c3cccc([C@H](O)CO)n3)cc2C1. The van der Waals surface area contributed by atoms with Crippen molar-refractivity contribution in [1.82, 2.24) is 9.88 Å². The van der Waals surface area contributed by atoms with Gasteiger partial charge in [0.15, 0.2) is 0 Å². The summed E-state index contributed by atoms with van der Waals surface area (Å²) in [6.07, 6.45) is -5.48. The number of rotatable bonds is 5. The van der Waals surface area contributed by atoms with Crippen molar-refractivity contribution in [2.45, 2.75) is 18.8 Å². The molecule has 0 fully saturated rings. The Bertz CT molecular complexity index is 1190. The van der Waals surface area contributed by atoms with Gasteiger partial charge in [0, 0.05) is 36.6 Å². The van der Waals surface area contributed by atoms with Crippen LogP contribution in [0.1, 0.15) is 22.9 Å². The van der Waals surface area contributed by atoms with E-state index in [9.17, 15) is 23.4 Å². The van der Waals surface area contributed by atoms with E-state index in [0.29, 0.717) is 36.7 Å². The van der Waals surface area contributed by atoms with Gasteiger partial charge >= 0.3 is 6.18 Å². The topological polar surface area (TPSA) is 64.2 Å². The molecule has 0 saturated carbocycles. The van der Waals surface area contributed by atoms with Crippen LogP contribution < -0.4 is 4.90 Å². The molecule has 0 bridgehead atoms. The third kappa shape index (κ3) is 5.04. The van der Waals surface area contributed by atoms with Crippen LogP contribution in [0.3, 0.4) is 0 Å². The predicted molar refractivity (Wildman–Crippen MR) is 122 cm³/mol. The van der Waals surface area contributed by atoms with Crippen LogP contribution in [0.25, 0.3) is 16.1 Å². The molecule has 0 unspecified atom stereocenters. The van der Waals surface area contributed by atoms with Crippen LogP contribution >= 0.6 is 0 Å². The minimum absolute atomic E-state index is 0.209. The first kappa shape index (κ1) is 23.7. The van der Waals surface area contributed by atoms with Crippen LogP contribution in [0.4, 0.5) is 24.5 Å². The zero-order valence-corrected chi connectivity index (χ0v) is 18.2. The number of alkyl halides is 3. The molecular formula is C25H23F3N4O2. The second-order valence-electron chi connectivity index (χ2n) is 8.04. The average Bonchev–Trinajstić information content (AvgIpc) is 3.02. The number of fused-ring (bicyclic) bond motifs is 1. The number of aliphatic hydroxyl groups excluding tert-OH is 2. The first-order valence-electron chi connectivity index (χ1n) is 10.7. The summed E-state index contributed by atoms with van der Waals surface area (Å²) >= 11 is 0. The summed E-state index contributed by atoms with van der Waals surface area (Å²) in [4.78, 5) is 11.9. The molecular weight excluding hydrogens is 445 g/mol. The second-order valence-corrected chi connectivity index (χ2v) is 8.04. The molecule has 34 heavy (non-hydrogen) atoms. The van der Waals surface area contributed by atoms with Crippen molar-refractivity contribution in [3.8, 4) is 11.3 Å². The van der Waals surface area contributed by atoms with Crippen molar-refractivity contribution in [2.24, 2.45) is 0 Å². The van der Waals surface area contributed by atoms with Gasteiger partial charge in [-0.3, -0.25) is 4.85 Å². The summed E-state index contributed by atoms with van der Waals surface area (Å²) in [6.45, 7) is 8.62. The van der Waals surface area contributed by atoms with E-state index in [1.54, 1.807) is 18.2 Å². The summed E-state index contributed by atoms with van der Waals surface area (Å²) < 4.78 is 39.1. The third-order valence-electron chi connectivity index (χ3n) is 5.76. The molecule has 6 nitrogen and oxygen atoms in total. The molecule has 0 saturated heterocycles. The van der Waals surface area contributed by atoms with Crippen LogP contribution in [0.15, 0.2) is 60.7 Å². The highest BCUT2D eigenvalue weighted by Crippen LogP contribution is 2.36. The average molecular weight is 468 g/mol. The Hall–Kier alpha value is -3.45. The maximum absolute atomic E-state index is 13.0. The normalized spacial score (nSPS) is 15.4. The molecule has 9 heteroatoms.